The third kappa shape index (κ3) is 1.95. The third-order valence-electron chi connectivity index (χ3n) is 3.91. The largest absolute Gasteiger partial charge is 0.394 e. The lowest BCUT2D eigenvalue weighted by Gasteiger charge is -2.29. The molecule has 3 heteroatoms. The van der Waals surface area contributed by atoms with Gasteiger partial charge in [0.05, 0.1) is 17.7 Å². The first kappa shape index (κ1) is 11.5. The van der Waals surface area contributed by atoms with Gasteiger partial charge in [-0.15, -0.1) is 0 Å². The van der Waals surface area contributed by atoms with E-state index < -0.39 is 0 Å². The smallest absolute Gasteiger partial charge is 0.0722 e. The van der Waals surface area contributed by atoms with Crippen LogP contribution in [0.4, 0.5) is 5.69 Å². The van der Waals surface area contributed by atoms with Crippen LogP contribution in [-0.2, 0) is 0 Å². The molecule has 3 nitrogen and oxygen atoms in total. The fourth-order valence-corrected chi connectivity index (χ4v) is 2.86. The van der Waals surface area contributed by atoms with Crippen molar-refractivity contribution in [1.29, 1.82) is 0 Å². The normalized spacial score (nSPS) is 18.1. The van der Waals surface area contributed by atoms with Crippen LogP contribution in [0.15, 0.2) is 36.5 Å². The number of benzene rings is 1. The molecule has 1 aromatic heterocycles. The molecular formula is C15H18N2O. The maximum atomic E-state index is 9.67. The van der Waals surface area contributed by atoms with Crippen molar-refractivity contribution < 1.29 is 5.11 Å². The molecule has 1 heterocycles. The highest BCUT2D eigenvalue weighted by Crippen LogP contribution is 2.34. The van der Waals surface area contributed by atoms with E-state index in [9.17, 15) is 5.11 Å². The molecule has 2 aromatic rings. The summed E-state index contributed by atoms with van der Waals surface area (Å²) in [6.07, 6.45) is 6.29. The molecule has 1 aliphatic rings. The van der Waals surface area contributed by atoms with Gasteiger partial charge in [0.15, 0.2) is 0 Å². The van der Waals surface area contributed by atoms with Crippen LogP contribution < -0.4 is 5.32 Å². The van der Waals surface area contributed by atoms with Crippen LogP contribution in [0.2, 0.25) is 0 Å². The lowest BCUT2D eigenvalue weighted by atomic mass is 9.98. The Labute approximate surface area is 107 Å². The molecule has 0 aliphatic heterocycles. The van der Waals surface area contributed by atoms with E-state index in [1.54, 1.807) is 0 Å². The fraction of sp³-hybridized carbons (Fsp3) is 0.400. The van der Waals surface area contributed by atoms with E-state index in [0.717, 1.165) is 29.4 Å². The highest BCUT2D eigenvalue weighted by atomic mass is 16.3. The zero-order valence-electron chi connectivity index (χ0n) is 10.4. The van der Waals surface area contributed by atoms with Gasteiger partial charge in [0, 0.05) is 17.3 Å². The maximum Gasteiger partial charge on any atom is 0.0722 e. The van der Waals surface area contributed by atoms with E-state index in [1.807, 2.05) is 30.5 Å². The van der Waals surface area contributed by atoms with Crippen molar-refractivity contribution in [2.75, 3.05) is 11.9 Å². The first-order valence-electron chi connectivity index (χ1n) is 6.56. The highest BCUT2D eigenvalue weighted by Gasteiger charge is 2.33. The Hall–Kier alpha value is -1.61. The number of aromatic nitrogens is 1. The summed E-state index contributed by atoms with van der Waals surface area (Å²) in [6.45, 7) is 0.198. The molecule has 1 saturated carbocycles. The summed E-state index contributed by atoms with van der Waals surface area (Å²) in [5.41, 5.74) is 1.94. The van der Waals surface area contributed by atoms with Crippen LogP contribution in [-0.4, -0.2) is 22.2 Å². The predicted molar refractivity (Wildman–Crippen MR) is 73.7 cm³/mol. The quantitative estimate of drug-likeness (QED) is 0.869. The predicted octanol–water partition coefficient (Wildman–Crippen LogP) is 2.95. The van der Waals surface area contributed by atoms with E-state index in [2.05, 4.69) is 16.4 Å². The molecule has 94 valence electrons. The summed E-state index contributed by atoms with van der Waals surface area (Å²) in [5, 5.41) is 14.4. The number of aliphatic hydroxyl groups is 1. The summed E-state index contributed by atoms with van der Waals surface area (Å²) < 4.78 is 0. The number of rotatable bonds is 3. The Morgan fingerprint density at radius 3 is 2.72 bits per heavy atom. The van der Waals surface area contributed by atoms with Gasteiger partial charge in [-0.1, -0.05) is 31.0 Å². The van der Waals surface area contributed by atoms with Crippen LogP contribution >= 0.6 is 0 Å². The molecule has 0 bridgehead atoms. The minimum atomic E-state index is -0.135. The molecule has 1 aromatic carbocycles. The van der Waals surface area contributed by atoms with Gasteiger partial charge in [0.25, 0.3) is 0 Å². The second-order valence-electron chi connectivity index (χ2n) is 5.15. The number of hydrogen-bond acceptors (Lipinski definition) is 3. The Bertz CT molecular complexity index is 542. The minimum absolute atomic E-state index is 0.135. The maximum absolute atomic E-state index is 9.67. The van der Waals surface area contributed by atoms with Gasteiger partial charge in [-0.2, -0.15) is 0 Å². The van der Waals surface area contributed by atoms with Gasteiger partial charge in [-0.05, 0) is 25.0 Å². The van der Waals surface area contributed by atoms with E-state index in [4.69, 9.17) is 0 Å². The molecule has 0 spiro atoms. The molecule has 0 atom stereocenters. The molecule has 18 heavy (non-hydrogen) atoms. The van der Waals surface area contributed by atoms with Crippen molar-refractivity contribution in [2.45, 2.75) is 31.2 Å². The zero-order chi connectivity index (χ0) is 12.4. The number of pyridine rings is 1. The van der Waals surface area contributed by atoms with Crippen LogP contribution in [0, 0.1) is 0 Å². The average molecular weight is 242 g/mol. The second kappa shape index (κ2) is 4.58. The number of nitrogens with zero attached hydrogens (tertiary/aromatic N) is 1. The lowest BCUT2D eigenvalue weighted by molar-refractivity contribution is 0.214. The molecule has 1 fully saturated rings. The number of anilines is 1. The van der Waals surface area contributed by atoms with Gasteiger partial charge in [0.2, 0.25) is 0 Å². The van der Waals surface area contributed by atoms with Gasteiger partial charge < -0.3 is 10.4 Å². The topological polar surface area (TPSA) is 45.1 Å². The molecule has 1 aliphatic carbocycles. The highest BCUT2D eigenvalue weighted by molar-refractivity contribution is 5.91. The average Bonchev–Trinajstić information content (AvgIpc) is 2.88. The Morgan fingerprint density at radius 1 is 1.17 bits per heavy atom. The van der Waals surface area contributed by atoms with E-state index >= 15 is 0 Å². The number of para-hydroxylation sites is 1. The molecule has 2 N–H and O–H groups in total. The molecule has 0 amide bonds. The van der Waals surface area contributed by atoms with Crippen molar-refractivity contribution in [3.8, 4) is 0 Å². The number of aliphatic hydroxyl groups excluding tert-OH is 1. The van der Waals surface area contributed by atoms with Crippen molar-refractivity contribution in [2.24, 2.45) is 0 Å². The summed E-state index contributed by atoms with van der Waals surface area (Å²) >= 11 is 0. The van der Waals surface area contributed by atoms with E-state index in [-0.39, 0.29) is 12.1 Å². The second-order valence-corrected chi connectivity index (χ2v) is 5.15. The van der Waals surface area contributed by atoms with E-state index in [1.165, 1.54) is 12.8 Å². The Balaban J connectivity index is 1.99. The van der Waals surface area contributed by atoms with Crippen LogP contribution in [0.25, 0.3) is 10.9 Å². The fourth-order valence-electron chi connectivity index (χ4n) is 2.86. The lowest BCUT2D eigenvalue weighted by Crippen LogP contribution is -2.39. The third-order valence-corrected chi connectivity index (χ3v) is 3.91. The van der Waals surface area contributed by atoms with Crippen LogP contribution in [0.1, 0.15) is 25.7 Å². The summed E-state index contributed by atoms with van der Waals surface area (Å²) in [5.74, 6) is 0. The minimum Gasteiger partial charge on any atom is -0.394 e. The zero-order valence-corrected chi connectivity index (χ0v) is 10.4. The number of fused-ring (bicyclic) bond motifs is 1. The number of hydrogen-bond donors (Lipinski definition) is 2. The van der Waals surface area contributed by atoms with Crippen molar-refractivity contribution in [3.05, 3.63) is 36.5 Å². The molecular weight excluding hydrogens is 224 g/mol. The van der Waals surface area contributed by atoms with E-state index in [0.29, 0.717) is 0 Å². The van der Waals surface area contributed by atoms with Crippen molar-refractivity contribution in [3.63, 3.8) is 0 Å². The van der Waals surface area contributed by atoms with Gasteiger partial charge in [-0.3, -0.25) is 4.98 Å². The van der Waals surface area contributed by atoms with Gasteiger partial charge in [0.1, 0.15) is 0 Å². The van der Waals surface area contributed by atoms with Crippen molar-refractivity contribution in [1.82, 2.24) is 4.98 Å². The SMILES string of the molecule is OCC1(Nc2ccnc3ccccc23)CCCC1. The first-order chi connectivity index (χ1) is 8.83. The summed E-state index contributed by atoms with van der Waals surface area (Å²) in [7, 11) is 0. The van der Waals surface area contributed by atoms with Gasteiger partial charge >= 0.3 is 0 Å². The Kier molecular flexibility index (Phi) is 2.92. The van der Waals surface area contributed by atoms with Gasteiger partial charge in [-0.25, -0.2) is 0 Å². The molecule has 0 radical (unpaired) electrons. The number of nitrogens with one attached hydrogen (secondary N) is 1. The summed E-state index contributed by atoms with van der Waals surface area (Å²) in [6, 6.07) is 10.1. The van der Waals surface area contributed by atoms with Crippen LogP contribution in [0.3, 0.4) is 0 Å². The molecule has 0 saturated heterocycles. The summed E-state index contributed by atoms with van der Waals surface area (Å²) in [4.78, 5) is 4.36. The van der Waals surface area contributed by atoms with Crippen molar-refractivity contribution >= 4 is 16.6 Å². The Morgan fingerprint density at radius 2 is 1.94 bits per heavy atom. The monoisotopic (exact) mass is 242 g/mol. The molecule has 3 rings (SSSR count). The first-order valence-corrected chi connectivity index (χ1v) is 6.56. The van der Waals surface area contributed by atoms with Crippen LogP contribution in [0.5, 0.6) is 0 Å². The molecule has 0 unspecified atom stereocenters. The standard InChI is InChI=1S/C15H18N2O/c18-11-15(8-3-4-9-15)17-14-7-10-16-13-6-2-1-5-12(13)14/h1-2,5-7,10,18H,3-4,8-9,11H2,(H,16,17).